The molecule has 4 heterocycles. The van der Waals surface area contributed by atoms with E-state index < -0.39 is 11.7 Å². The molecule has 0 bridgehead atoms. The molecule has 2 atom stereocenters. The summed E-state index contributed by atoms with van der Waals surface area (Å²) >= 11 is 0. The highest BCUT2D eigenvalue weighted by molar-refractivity contribution is 5.66. The predicted molar refractivity (Wildman–Crippen MR) is 191 cm³/mol. The van der Waals surface area contributed by atoms with Crippen LogP contribution < -0.4 is 9.47 Å². The molecule has 0 aliphatic carbocycles. The summed E-state index contributed by atoms with van der Waals surface area (Å²) in [5.41, 5.74) is 7.13. The molecule has 6 aromatic rings. The van der Waals surface area contributed by atoms with Crippen LogP contribution in [0, 0.1) is 5.82 Å². The zero-order valence-corrected chi connectivity index (χ0v) is 28.9. The van der Waals surface area contributed by atoms with E-state index >= 15 is 0 Å². The van der Waals surface area contributed by atoms with Crippen LogP contribution in [0.15, 0.2) is 116 Å². The first-order chi connectivity index (χ1) is 25.1. The number of pyridine rings is 1. The number of ether oxygens (including phenoxy) is 2. The molecule has 11 heteroatoms. The summed E-state index contributed by atoms with van der Waals surface area (Å²) in [6, 6.07) is 29.8. The highest BCUT2D eigenvalue weighted by Gasteiger charge is 2.30. The predicted octanol–water partition coefficient (Wildman–Crippen LogP) is 9.15. The molecule has 0 N–H and O–H groups in total. The normalized spacial score (nSPS) is 18.0. The molecule has 2 aliphatic rings. The molecule has 2 aromatic heterocycles. The fourth-order valence-corrected chi connectivity index (χ4v) is 6.75. The minimum absolute atomic E-state index is 0.0627. The molecular formula is C41H39F4N5O2. The molecule has 0 fully saturated rings. The van der Waals surface area contributed by atoms with Gasteiger partial charge in [-0.2, -0.15) is 18.3 Å². The van der Waals surface area contributed by atoms with Crippen molar-refractivity contribution in [3.8, 4) is 22.6 Å². The lowest BCUT2D eigenvalue weighted by Gasteiger charge is -2.20. The van der Waals surface area contributed by atoms with Gasteiger partial charge in [0.15, 0.2) is 5.65 Å². The second-order valence-corrected chi connectivity index (χ2v) is 13.3. The van der Waals surface area contributed by atoms with Crippen molar-refractivity contribution >= 4 is 5.65 Å². The van der Waals surface area contributed by atoms with Gasteiger partial charge in [-0.05, 0) is 109 Å². The van der Waals surface area contributed by atoms with E-state index in [2.05, 4.69) is 64.3 Å². The molecule has 268 valence electrons. The van der Waals surface area contributed by atoms with Gasteiger partial charge in [-0.1, -0.05) is 36.4 Å². The number of rotatable bonds is 5. The molecule has 0 saturated heterocycles. The first-order valence-corrected chi connectivity index (χ1v) is 17.2. The van der Waals surface area contributed by atoms with E-state index in [9.17, 15) is 17.6 Å². The first kappa shape index (κ1) is 35.2. The Balaban J connectivity index is 0.000000167. The Kier molecular flexibility index (Phi) is 10.2. The molecule has 7 nitrogen and oxygen atoms in total. The third-order valence-corrected chi connectivity index (χ3v) is 9.48. The quantitative estimate of drug-likeness (QED) is 0.167. The van der Waals surface area contributed by atoms with Gasteiger partial charge in [-0.25, -0.2) is 13.9 Å². The van der Waals surface area contributed by atoms with Crippen LogP contribution >= 0.6 is 0 Å². The summed E-state index contributed by atoms with van der Waals surface area (Å²) in [7, 11) is 4.18. The van der Waals surface area contributed by atoms with Crippen molar-refractivity contribution in [1.82, 2.24) is 24.4 Å². The van der Waals surface area contributed by atoms with Gasteiger partial charge in [0.2, 0.25) is 0 Å². The average molecular weight is 710 g/mol. The topological polar surface area (TPSA) is 55.1 Å². The monoisotopic (exact) mass is 709 g/mol. The first-order valence-electron chi connectivity index (χ1n) is 17.2. The van der Waals surface area contributed by atoms with Gasteiger partial charge in [-0.15, -0.1) is 0 Å². The number of benzene rings is 4. The van der Waals surface area contributed by atoms with Gasteiger partial charge in [0.25, 0.3) is 0 Å². The number of alkyl halides is 3. The van der Waals surface area contributed by atoms with Gasteiger partial charge in [0.1, 0.15) is 35.9 Å². The standard InChI is InChI=1S/C23H21FN4O.C18H18F3NO/c1-27-11-10-22(29-20-6-4-19(24)5-7-20)21-8-2-16(12-18(21)13-27)17-3-9-23-25-15-26-28(23)14-17;1-22-11-10-17(16-5-3-2-4-13(16)12-22)23-15-8-6-14(7-9-15)18(19,20)21/h2-9,12,14-15,22H,10-11,13H2,1H3;2-9,17H,10-12H2,1H3. The highest BCUT2D eigenvalue weighted by Crippen LogP contribution is 2.35. The largest absolute Gasteiger partial charge is 0.486 e. The van der Waals surface area contributed by atoms with Crippen LogP contribution in [-0.2, 0) is 19.3 Å². The summed E-state index contributed by atoms with van der Waals surface area (Å²) < 4.78 is 65.1. The maximum atomic E-state index is 13.2. The summed E-state index contributed by atoms with van der Waals surface area (Å²) in [5.74, 6) is 0.891. The molecule has 2 aliphatic heterocycles. The molecule has 52 heavy (non-hydrogen) atoms. The van der Waals surface area contributed by atoms with Gasteiger partial charge in [-0.3, -0.25) is 0 Å². The zero-order valence-electron chi connectivity index (χ0n) is 28.9. The Morgan fingerprint density at radius 2 is 1.27 bits per heavy atom. The zero-order chi connectivity index (χ0) is 36.2. The van der Waals surface area contributed by atoms with Gasteiger partial charge in [0, 0.05) is 50.8 Å². The maximum Gasteiger partial charge on any atom is 0.416 e. The molecule has 8 rings (SSSR count). The van der Waals surface area contributed by atoms with E-state index in [-0.39, 0.29) is 18.0 Å². The van der Waals surface area contributed by atoms with E-state index in [1.54, 1.807) is 23.0 Å². The lowest BCUT2D eigenvalue weighted by atomic mass is 9.96. The number of fused-ring (bicyclic) bond motifs is 3. The number of hydrogen-bond acceptors (Lipinski definition) is 6. The fourth-order valence-electron chi connectivity index (χ4n) is 6.75. The van der Waals surface area contributed by atoms with Crippen LogP contribution in [0.4, 0.5) is 17.6 Å². The minimum Gasteiger partial charge on any atom is -0.486 e. The molecule has 0 saturated carbocycles. The smallest absolute Gasteiger partial charge is 0.416 e. The van der Waals surface area contributed by atoms with Crippen LogP contribution in [0.5, 0.6) is 11.5 Å². The van der Waals surface area contributed by atoms with Crippen molar-refractivity contribution in [3.05, 3.63) is 149 Å². The molecule has 0 amide bonds. The lowest BCUT2D eigenvalue weighted by Crippen LogP contribution is -2.18. The summed E-state index contributed by atoms with van der Waals surface area (Å²) in [6.45, 7) is 3.52. The highest BCUT2D eigenvalue weighted by atomic mass is 19.4. The summed E-state index contributed by atoms with van der Waals surface area (Å²) in [5, 5.41) is 4.24. The molecule has 0 spiro atoms. The van der Waals surface area contributed by atoms with Crippen LogP contribution in [-0.4, -0.2) is 51.6 Å². The van der Waals surface area contributed by atoms with Gasteiger partial charge in [0.05, 0.1) is 5.56 Å². The number of hydrogen-bond donors (Lipinski definition) is 0. The van der Waals surface area contributed by atoms with Crippen LogP contribution in [0.25, 0.3) is 16.8 Å². The average Bonchev–Trinajstić information content (AvgIpc) is 3.48. The Hall–Kier alpha value is -5.26. The molecule has 0 radical (unpaired) electrons. The second kappa shape index (κ2) is 15.1. The third kappa shape index (κ3) is 8.27. The van der Waals surface area contributed by atoms with Crippen molar-refractivity contribution < 1.29 is 27.0 Å². The van der Waals surface area contributed by atoms with E-state index in [0.29, 0.717) is 11.5 Å². The SMILES string of the molecule is CN1CCC(Oc2ccc(C(F)(F)F)cc2)c2ccccc2C1.CN1CCC(Oc2ccc(F)cc2)c2ccc(-c3ccc4ncnn4c3)cc2C1. The van der Waals surface area contributed by atoms with Crippen LogP contribution in [0.2, 0.25) is 0 Å². The van der Waals surface area contributed by atoms with Crippen molar-refractivity contribution in [1.29, 1.82) is 0 Å². The Labute approximate surface area is 300 Å². The lowest BCUT2D eigenvalue weighted by molar-refractivity contribution is -0.137. The van der Waals surface area contributed by atoms with Crippen LogP contribution in [0.1, 0.15) is 52.9 Å². The van der Waals surface area contributed by atoms with E-state index in [1.165, 1.54) is 41.0 Å². The number of aromatic nitrogens is 3. The maximum absolute atomic E-state index is 13.2. The van der Waals surface area contributed by atoms with E-state index in [0.717, 1.165) is 73.5 Å². The van der Waals surface area contributed by atoms with Crippen molar-refractivity contribution in [3.63, 3.8) is 0 Å². The Bertz CT molecular complexity index is 2120. The summed E-state index contributed by atoms with van der Waals surface area (Å²) in [4.78, 5) is 8.73. The van der Waals surface area contributed by atoms with Crippen LogP contribution in [0.3, 0.4) is 0 Å². The van der Waals surface area contributed by atoms with Crippen molar-refractivity contribution in [2.75, 3.05) is 27.2 Å². The van der Waals surface area contributed by atoms with E-state index in [1.807, 2.05) is 30.5 Å². The Morgan fingerprint density at radius 1 is 0.673 bits per heavy atom. The minimum atomic E-state index is -4.32. The second-order valence-electron chi connectivity index (χ2n) is 13.3. The number of halogens is 4. The molecular weight excluding hydrogens is 670 g/mol. The van der Waals surface area contributed by atoms with Crippen molar-refractivity contribution in [2.24, 2.45) is 0 Å². The molecule has 2 unspecified atom stereocenters. The summed E-state index contributed by atoms with van der Waals surface area (Å²) in [6.07, 6.45) is 0.704. The fraction of sp³-hybridized carbons (Fsp3) is 0.268. The van der Waals surface area contributed by atoms with Gasteiger partial charge < -0.3 is 19.3 Å². The number of nitrogens with zero attached hydrogens (tertiary/aromatic N) is 5. The van der Waals surface area contributed by atoms with Crippen molar-refractivity contribution in [2.45, 2.75) is 44.3 Å². The van der Waals surface area contributed by atoms with Gasteiger partial charge >= 0.3 is 6.18 Å². The molecule has 4 aromatic carbocycles. The Morgan fingerprint density at radius 3 is 1.94 bits per heavy atom. The van der Waals surface area contributed by atoms with E-state index in [4.69, 9.17) is 9.47 Å². The third-order valence-electron chi connectivity index (χ3n) is 9.48.